The topological polar surface area (TPSA) is 12.9 Å². The van der Waals surface area contributed by atoms with Crippen molar-refractivity contribution >= 4 is 45.7 Å². The molecule has 1 aromatic carbocycles. The van der Waals surface area contributed by atoms with E-state index in [-0.39, 0.29) is 10.0 Å². The molecule has 0 N–H and O–H groups in total. The smallest absolute Gasteiger partial charge is 0.161 e. The predicted octanol–water partition coefficient (Wildman–Crippen LogP) is 5.21. The summed E-state index contributed by atoms with van der Waals surface area (Å²) in [6, 6.07) is 3.23. The Hall–Kier alpha value is -0.570. The van der Waals surface area contributed by atoms with Crippen molar-refractivity contribution in [3.05, 3.63) is 38.7 Å². The number of aromatic nitrogens is 1. The van der Waals surface area contributed by atoms with Gasteiger partial charge in [-0.05, 0) is 25.0 Å². The zero-order valence-electron chi connectivity index (χ0n) is 8.61. The van der Waals surface area contributed by atoms with E-state index in [2.05, 4.69) is 4.98 Å². The van der Waals surface area contributed by atoms with Crippen LogP contribution >= 0.6 is 34.8 Å². The zero-order valence-corrected chi connectivity index (χ0v) is 10.9. The lowest BCUT2D eigenvalue weighted by Crippen LogP contribution is -1.92. The van der Waals surface area contributed by atoms with Gasteiger partial charge in [0.25, 0.3) is 0 Å². The minimum absolute atomic E-state index is 0.0287. The van der Waals surface area contributed by atoms with E-state index >= 15 is 0 Å². The quantitative estimate of drug-likeness (QED) is 0.657. The molecule has 0 spiro atoms. The lowest BCUT2D eigenvalue weighted by molar-refractivity contribution is 0.630. The van der Waals surface area contributed by atoms with Gasteiger partial charge in [-0.15, -0.1) is 0 Å². The molecule has 1 fully saturated rings. The van der Waals surface area contributed by atoms with Gasteiger partial charge in [-0.25, -0.2) is 4.39 Å². The lowest BCUT2D eigenvalue weighted by atomic mass is 10.1. The summed E-state index contributed by atoms with van der Waals surface area (Å²) in [7, 11) is 0. The maximum atomic E-state index is 13.6. The maximum Gasteiger partial charge on any atom is 0.161 e. The highest BCUT2D eigenvalue weighted by Crippen LogP contribution is 2.42. The number of benzene rings is 1. The zero-order chi connectivity index (χ0) is 12.2. The SMILES string of the molecule is Fc1c(Cl)cc2nc(C3CC3)cc(Cl)c2c1Cl. The van der Waals surface area contributed by atoms with Gasteiger partial charge < -0.3 is 0 Å². The van der Waals surface area contributed by atoms with Crippen molar-refractivity contribution in [3.63, 3.8) is 0 Å². The van der Waals surface area contributed by atoms with Crippen molar-refractivity contribution in [3.8, 4) is 0 Å². The molecule has 1 aliphatic rings. The molecular formula is C12H7Cl3FN. The van der Waals surface area contributed by atoms with Crippen LogP contribution in [-0.4, -0.2) is 4.98 Å². The Morgan fingerprint density at radius 1 is 1.12 bits per heavy atom. The summed E-state index contributed by atoms with van der Waals surface area (Å²) in [4.78, 5) is 4.44. The van der Waals surface area contributed by atoms with Gasteiger partial charge in [0, 0.05) is 17.0 Å². The molecule has 0 saturated heterocycles. The molecule has 1 aliphatic carbocycles. The number of hydrogen-bond donors (Lipinski definition) is 0. The highest BCUT2D eigenvalue weighted by molar-refractivity contribution is 6.43. The van der Waals surface area contributed by atoms with Crippen LogP contribution in [-0.2, 0) is 0 Å². The normalized spacial score (nSPS) is 15.5. The Balaban J connectivity index is 2.35. The van der Waals surface area contributed by atoms with Crippen molar-refractivity contribution in [1.82, 2.24) is 4.98 Å². The Bertz CT molecular complexity index is 623. The molecular weight excluding hydrogens is 283 g/mol. The van der Waals surface area contributed by atoms with Gasteiger partial charge in [0.05, 0.1) is 20.6 Å². The maximum absolute atomic E-state index is 13.6. The van der Waals surface area contributed by atoms with Crippen LogP contribution in [0.1, 0.15) is 24.5 Å². The first-order valence-electron chi connectivity index (χ1n) is 5.21. The first-order valence-corrected chi connectivity index (χ1v) is 6.35. The third kappa shape index (κ3) is 1.88. The largest absolute Gasteiger partial charge is 0.252 e. The van der Waals surface area contributed by atoms with Crippen LogP contribution in [0.2, 0.25) is 15.1 Å². The van der Waals surface area contributed by atoms with Gasteiger partial charge in [0.2, 0.25) is 0 Å². The van der Waals surface area contributed by atoms with E-state index in [0.29, 0.717) is 21.8 Å². The Kier molecular flexibility index (Phi) is 2.69. The molecule has 5 heteroatoms. The molecule has 0 bridgehead atoms. The predicted molar refractivity (Wildman–Crippen MR) is 68.7 cm³/mol. The van der Waals surface area contributed by atoms with E-state index in [1.165, 1.54) is 6.07 Å². The fraction of sp³-hybridized carbons (Fsp3) is 0.250. The summed E-state index contributed by atoms with van der Waals surface area (Å²) in [5.41, 5.74) is 1.48. The number of rotatable bonds is 1. The number of pyridine rings is 1. The van der Waals surface area contributed by atoms with Crippen LogP contribution < -0.4 is 0 Å². The summed E-state index contributed by atoms with van der Waals surface area (Å²) in [6.45, 7) is 0. The first-order chi connectivity index (χ1) is 8.08. The summed E-state index contributed by atoms with van der Waals surface area (Å²) >= 11 is 17.8. The average Bonchev–Trinajstić information content (AvgIpc) is 3.08. The highest BCUT2D eigenvalue weighted by Gasteiger charge is 2.26. The minimum Gasteiger partial charge on any atom is -0.252 e. The molecule has 0 atom stereocenters. The molecule has 2 aromatic rings. The van der Waals surface area contributed by atoms with Gasteiger partial charge in [-0.3, -0.25) is 4.98 Å². The van der Waals surface area contributed by atoms with Gasteiger partial charge in [-0.2, -0.15) is 0 Å². The van der Waals surface area contributed by atoms with Crippen molar-refractivity contribution in [2.45, 2.75) is 18.8 Å². The third-order valence-corrected chi connectivity index (χ3v) is 3.83. The van der Waals surface area contributed by atoms with Crippen LogP contribution in [0.15, 0.2) is 12.1 Å². The van der Waals surface area contributed by atoms with E-state index in [0.717, 1.165) is 18.5 Å². The van der Waals surface area contributed by atoms with Crippen LogP contribution in [0.4, 0.5) is 4.39 Å². The second-order valence-corrected chi connectivity index (χ2v) is 5.38. The molecule has 0 radical (unpaired) electrons. The molecule has 3 rings (SSSR count). The van der Waals surface area contributed by atoms with Crippen LogP contribution in [0.5, 0.6) is 0 Å². The molecule has 0 aliphatic heterocycles. The van der Waals surface area contributed by atoms with Crippen LogP contribution in [0.25, 0.3) is 10.9 Å². The van der Waals surface area contributed by atoms with Crippen molar-refractivity contribution in [2.75, 3.05) is 0 Å². The van der Waals surface area contributed by atoms with E-state index in [1.807, 2.05) is 0 Å². The average molecular weight is 291 g/mol. The lowest BCUT2D eigenvalue weighted by Gasteiger charge is -2.07. The van der Waals surface area contributed by atoms with Gasteiger partial charge in [0.15, 0.2) is 5.82 Å². The number of nitrogens with zero attached hydrogens (tertiary/aromatic N) is 1. The van der Waals surface area contributed by atoms with E-state index in [1.54, 1.807) is 6.07 Å². The standard InChI is InChI=1S/C12H7Cl3FN/c13-6-3-8(5-1-2-5)17-9-4-7(14)12(16)11(15)10(6)9/h3-5H,1-2H2. The highest BCUT2D eigenvalue weighted by atomic mass is 35.5. The molecule has 0 amide bonds. The summed E-state index contributed by atoms with van der Waals surface area (Å²) in [6.07, 6.45) is 2.25. The van der Waals surface area contributed by atoms with Crippen molar-refractivity contribution in [1.29, 1.82) is 0 Å². The molecule has 1 aromatic heterocycles. The number of halogens is 4. The third-order valence-electron chi connectivity index (χ3n) is 2.90. The molecule has 88 valence electrons. The van der Waals surface area contributed by atoms with Crippen molar-refractivity contribution in [2.24, 2.45) is 0 Å². The molecule has 1 heterocycles. The van der Waals surface area contributed by atoms with Crippen molar-refractivity contribution < 1.29 is 4.39 Å². The molecule has 1 nitrogen and oxygen atoms in total. The fourth-order valence-corrected chi connectivity index (χ4v) is 2.76. The van der Waals surface area contributed by atoms with Gasteiger partial charge >= 0.3 is 0 Å². The monoisotopic (exact) mass is 289 g/mol. The second kappa shape index (κ2) is 3.98. The number of hydrogen-bond acceptors (Lipinski definition) is 1. The molecule has 17 heavy (non-hydrogen) atoms. The van der Waals surface area contributed by atoms with Crippen LogP contribution in [0.3, 0.4) is 0 Å². The van der Waals surface area contributed by atoms with E-state index < -0.39 is 5.82 Å². The Morgan fingerprint density at radius 3 is 2.47 bits per heavy atom. The summed E-state index contributed by atoms with van der Waals surface area (Å²) < 4.78 is 13.6. The Labute approximate surface area is 112 Å². The van der Waals surface area contributed by atoms with E-state index in [4.69, 9.17) is 34.8 Å². The number of fused-ring (bicyclic) bond motifs is 1. The van der Waals surface area contributed by atoms with Gasteiger partial charge in [0.1, 0.15) is 0 Å². The Morgan fingerprint density at radius 2 is 1.82 bits per heavy atom. The first kappa shape index (κ1) is 11.5. The van der Waals surface area contributed by atoms with Crippen LogP contribution in [0, 0.1) is 5.82 Å². The molecule has 1 saturated carbocycles. The summed E-state index contributed by atoms with van der Waals surface area (Å²) in [5, 5.41) is 0.767. The fourth-order valence-electron chi connectivity index (χ4n) is 1.86. The summed E-state index contributed by atoms with van der Waals surface area (Å²) in [5.74, 6) is -0.178. The van der Waals surface area contributed by atoms with Gasteiger partial charge in [-0.1, -0.05) is 34.8 Å². The molecule has 0 unspecified atom stereocenters. The minimum atomic E-state index is -0.649. The van der Waals surface area contributed by atoms with E-state index in [9.17, 15) is 4.39 Å². The second-order valence-electron chi connectivity index (χ2n) is 4.18.